The fraction of sp³-hybridized carbons (Fsp3) is 0.500. The maximum Gasteiger partial charge on any atom is 0.177 e. The molecule has 0 saturated carbocycles. The second kappa shape index (κ2) is 5.58. The molecule has 0 heterocycles. The molecular weight excluding hydrogens is 252 g/mol. The summed E-state index contributed by atoms with van der Waals surface area (Å²) >= 11 is 0. The summed E-state index contributed by atoms with van der Waals surface area (Å²) in [5.74, 6) is 0.205. The molecule has 0 aliphatic heterocycles. The van der Waals surface area contributed by atoms with Crippen molar-refractivity contribution in [3.63, 3.8) is 0 Å². The lowest BCUT2D eigenvalue weighted by molar-refractivity contribution is 0.249. The largest absolute Gasteiger partial charge is 0.396 e. The van der Waals surface area contributed by atoms with Crippen LogP contribution >= 0.6 is 0 Å². The number of aliphatic hydroxyl groups excluding tert-OH is 1. The van der Waals surface area contributed by atoms with Gasteiger partial charge < -0.3 is 16.2 Å². The van der Waals surface area contributed by atoms with Gasteiger partial charge in [-0.05, 0) is 18.1 Å². The molecule has 1 aromatic rings. The molecule has 1 atom stereocenters. The van der Waals surface area contributed by atoms with E-state index in [2.05, 4.69) is 5.32 Å². The van der Waals surface area contributed by atoms with Crippen LogP contribution in [-0.4, -0.2) is 32.4 Å². The second-order valence-electron chi connectivity index (χ2n) is 4.67. The van der Waals surface area contributed by atoms with Gasteiger partial charge in [-0.1, -0.05) is 19.9 Å². The van der Waals surface area contributed by atoms with Crippen LogP contribution in [0.5, 0.6) is 0 Å². The minimum absolute atomic E-state index is 0.0415. The lowest BCUT2D eigenvalue weighted by Gasteiger charge is -2.22. The average Bonchev–Trinajstić information content (AvgIpc) is 2.25. The summed E-state index contributed by atoms with van der Waals surface area (Å²) in [6.45, 7) is 3.88. The third-order valence-electron chi connectivity index (χ3n) is 2.81. The van der Waals surface area contributed by atoms with Gasteiger partial charge in [-0.25, -0.2) is 8.42 Å². The number of aliphatic hydroxyl groups is 1. The number of benzene rings is 1. The number of hydrogen-bond acceptors (Lipinski definition) is 5. The highest BCUT2D eigenvalue weighted by molar-refractivity contribution is 7.90. The Kier molecular flexibility index (Phi) is 4.59. The summed E-state index contributed by atoms with van der Waals surface area (Å²) in [5, 5.41) is 12.3. The number of sulfone groups is 1. The molecule has 5 nitrogen and oxygen atoms in total. The number of hydrogen-bond donors (Lipinski definition) is 3. The van der Waals surface area contributed by atoms with Crippen molar-refractivity contribution in [1.29, 1.82) is 0 Å². The van der Waals surface area contributed by atoms with Gasteiger partial charge in [0.15, 0.2) is 9.84 Å². The second-order valence-corrected chi connectivity index (χ2v) is 6.65. The van der Waals surface area contributed by atoms with Crippen LogP contribution in [0.15, 0.2) is 23.1 Å². The third-order valence-corrected chi connectivity index (χ3v) is 3.96. The van der Waals surface area contributed by atoms with E-state index in [1.165, 1.54) is 6.07 Å². The molecule has 0 aromatic heterocycles. The van der Waals surface area contributed by atoms with Crippen LogP contribution in [0, 0.1) is 5.92 Å². The predicted octanol–water partition coefficient (Wildman–Crippen LogP) is 1.10. The molecule has 1 aromatic carbocycles. The zero-order chi connectivity index (χ0) is 13.9. The van der Waals surface area contributed by atoms with Gasteiger partial charge in [-0.2, -0.15) is 0 Å². The number of nitrogen functional groups attached to an aromatic ring is 1. The van der Waals surface area contributed by atoms with E-state index in [-0.39, 0.29) is 29.1 Å². The highest BCUT2D eigenvalue weighted by Crippen LogP contribution is 2.27. The van der Waals surface area contributed by atoms with Gasteiger partial charge in [-0.3, -0.25) is 0 Å². The standard InChI is InChI=1S/C12H20N2O3S/c1-8(2)10(7-15)14-9-5-4-6-11(12(9)13)18(3,16)17/h4-6,8,10,14-15H,7,13H2,1-3H3. The van der Waals surface area contributed by atoms with E-state index in [9.17, 15) is 13.5 Å². The topological polar surface area (TPSA) is 92.4 Å². The quantitative estimate of drug-likeness (QED) is 0.698. The Hall–Kier alpha value is -1.27. The molecule has 0 aliphatic carbocycles. The molecule has 0 amide bonds. The van der Waals surface area contributed by atoms with E-state index in [0.717, 1.165) is 6.26 Å². The van der Waals surface area contributed by atoms with Crippen molar-refractivity contribution in [2.24, 2.45) is 5.92 Å². The Bertz CT molecular complexity index is 512. The van der Waals surface area contributed by atoms with Crippen LogP contribution in [0.1, 0.15) is 13.8 Å². The molecule has 6 heteroatoms. The number of rotatable bonds is 5. The highest BCUT2D eigenvalue weighted by atomic mass is 32.2. The fourth-order valence-corrected chi connectivity index (χ4v) is 2.45. The Morgan fingerprint density at radius 1 is 1.39 bits per heavy atom. The normalized spacial score (nSPS) is 13.6. The molecule has 0 saturated heterocycles. The van der Waals surface area contributed by atoms with E-state index in [1.807, 2.05) is 13.8 Å². The summed E-state index contributed by atoms with van der Waals surface area (Å²) in [5.41, 5.74) is 6.58. The molecule has 18 heavy (non-hydrogen) atoms. The molecule has 0 fully saturated rings. The Labute approximate surface area is 108 Å². The summed E-state index contributed by atoms with van der Waals surface area (Å²) in [6.07, 6.45) is 1.12. The van der Waals surface area contributed by atoms with Crippen LogP contribution in [-0.2, 0) is 9.84 Å². The fourth-order valence-electron chi connectivity index (χ4n) is 1.62. The zero-order valence-corrected chi connectivity index (χ0v) is 11.7. The first-order valence-corrected chi connectivity index (χ1v) is 7.62. The summed E-state index contributed by atoms with van der Waals surface area (Å²) < 4.78 is 23.1. The first-order chi connectivity index (χ1) is 8.27. The number of nitrogens with one attached hydrogen (secondary N) is 1. The number of para-hydroxylation sites is 1. The third kappa shape index (κ3) is 3.36. The summed E-state index contributed by atoms with van der Waals surface area (Å²) in [4.78, 5) is 0.105. The van der Waals surface area contributed by atoms with Gasteiger partial charge in [0.1, 0.15) is 0 Å². The van der Waals surface area contributed by atoms with Crippen molar-refractivity contribution in [1.82, 2.24) is 0 Å². The van der Waals surface area contributed by atoms with Crippen molar-refractivity contribution in [2.45, 2.75) is 24.8 Å². The Morgan fingerprint density at radius 2 is 2.00 bits per heavy atom. The van der Waals surface area contributed by atoms with Crippen LogP contribution in [0.4, 0.5) is 11.4 Å². The molecule has 0 aliphatic rings. The molecule has 0 bridgehead atoms. The zero-order valence-electron chi connectivity index (χ0n) is 10.8. The van der Waals surface area contributed by atoms with Crippen molar-refractivity contribution < 1.29 is 13.5 Å². The first-order valence-electron chi connectivity index (χ1n) is 5.73. The van der Waals surface area contributed by atoms with Crippen molar-refractivity contribution >= 4 is 21.2 Å². The SMILES string of the molecule is CC(C)C(CO)Nc1cccc(S(C)(=O)=O)c1N. The van der Waals surface area contributed by atoms with E-state index in [4.69, 9.17) is 5.73 Å². The molecule has 102 valence electrons. The van der Waals surface area contributed by atoms with Crippen molar-refractivity contribution in [2.75, 3.05) is 23.9 Å². The van der Waals surface area contributed by atoms with Gasteiger partial charge in [0, 0.05) is 6.26 Å². The average molecular weight is 272 g/mol. The highest BCUT2D eigenvalue weighted by Gasteiger charge is 2.17. The molecular formula is C12H20N2O3S. The van der Waals surface area contributed by atoms with Gasteiger partial charge in [0.2, 0.25) is 0 Å². The first kappa shape index (κ1) is 14.8. The molecule has 4 N–H and O–H groups in total. The lowest BCUT2D eigenvalue weighted by Crippen LogP contribution is -2.29. The van der Waals surface area contributed by atoms with E-state index >= 15 is 0 Å². The predicted molar refractivity (Wildman–Crippen MR) is 73.3 cm³/mol. The van der Waals surface area contributed by atoms with Gasteiger partial charge in [0.25, 0.3) is 0 Å². The lowest BCUT2D eigenvalue weighted by atomic mass is 10.0. The van der Waals surface area contributed by atoms with Gasteiger partial charge >= 0.3 is 0 Å². The molecule has 0 radical (unpaired) electrons. The summed E-state index contributed by atoms with van der Waals surface area (Å²) in [6, 6.07) is 4.64. The van der Waals surface area contributed by atoms with Gasteiger partial charge in [0.05, 0.1) is 28.9 Å². The minimum atomic E-state index is -3.35. The minimum Gasteiger partial charge on any atom is -0.396 e. The molecule has 1 rings (SSSR count). The van der Waals surface area contributed by atoms with E-state index in [1.54, 1.807) is 12.1 Å². The van der Waals surface area contributed by atoms with Crippen molar-refractivity contribution in [3.8, 4) is 0 Å². The Morgan fingerprint density at radius 3 is 2.44 bits per heavy atom. The molecule has 0 spiro atoms. The van der Waals surface area contributed by atoms with E-state index < -0.39 is 9.84 Å². The Balaban J connectivity index is 3.12. The molecule has 1 unspecified atom stereocenters. The maximum absolute atomic E-state index is 11.5. The van der Waals surface area contributed by atoms with Crippen LogP contribution in [0.25, 0.3) is 0 Å². The van der Waals surface area contributed by atoms with Gasteiger partial charge in [-0.15, -0.1) is 0 Å². The summed E-state index contributed by atoms with van der Waals surface area (Å²) in [7, 11) is -3.35. The van der Waals surface area contributed by atoms with Crippen molar-refractivity contribution in [3.05, 3.63) is 18.2 Å². The maximum atomic E-state index is 11.5. The van der Waals surface area contributed by atoms with E-state index in [0.29, 0.717) is 5.69 Å². The van der Waals surface area contributed by atoms with Crippen LogP contribution in [0.2, 0.25) is 0 Å². The number of anilines is 2. The smallest absolute Gasteiger partial charge is 0.177 e. The monoisotopic (exact) mass is 272 g/mol. The van der Waals surface area contributed by atoms with Crippen LogP contribution in [0.3, 0.4) is 0 Å². The number of nitrogens with two attached hydrogens (primary N) is 1. The van der Waals surface area contributed by atoms with Crippen LogP contribution < -0.4 is 11.1 Å².